The van der Waals surface area contributed by atoms with Crippen molar-refractivity contribution in [2.45, 2.75) is 37.4 Å². The first kappa shape index (κ1) is 20.3. The van der Waals surface area contributed by atoms with Crippen molar-refractivity contribution in [3.8, 4) is 10.6 Å². The van der Waals surface area contributed by atoms with Gasteiger partial charge in [-0.3, -0.25) is 4.79 Å². The summed E-state index contributed by atoms with van der Waals surface area (Å²) in [6.07, 6.45) is 0.0961. The van der Waals surface area contributed by atoms with Crippen LogP contribution < -0.4 is 10.0 Å². The third-order valence-corrected chi connectivity index (χ3v) is 6.21. The Labute approximate surface area is 174 Å². The van der Waals surface area contributed by atoms with Crippen molar-refractivity contribution in [3.63, 3.8) is 0 Å². The maximum atomic E-state index is 12.9. The van der Waals surface area contributed by atoms with Crippen LogP contribution in [-0.2, 0) is 11.7 Å². The van der Waals surface area contributed by atoms with E-state index in [1.165, 1.54) is 29.7 Å². The number of pyridine rings is 1. The van der Waals surface area contributed by atoms with E-state index < -0.39 is 23.2 Å². The van der Waals surface area contributed by atoms with Crippen LogP contribution >= 0.6 is 11.3 Å². The minimum absolute atomic E-state index is 0.176. The fourth-order valence-corrected chi connectivity index (χ4v) is 4.62. The van der Waals surface area contributed by atoms with Gasteiger partial charge in [-0.1, -0.05) is 25.0 Å². The number of hydrogen-bond acceptors (Lipinski definition) is 4. The number of nitrogens with one attached hydrogen (secondary N) is 1. The third kappa shape index (κ3) is 3.89. The lowest BCUT2D eigenvalue weighted by atomic mass is 9.92. The minimum Gasteiger partial charge on any atom is -0.618 e. The first-order chi connectivity index (χ1) is 14.3. The lowest BCUT2D eigenvalue weighted by Gasteiger charge is -2.28. The van der Waals surface area contributed by atoms with Crippen LogP contribution in [0.1, 0.15) is 47.4 Å². The topological polar surface area (TPSA) is 68.9 Å². The Morgan fingerprint density at radius 1 is 1.13 bits per heavy atom. The van der Waals surface area contributed by atoms with Gasteiger partial charge >= 0.3 is 6.18 Å². The summed E-state index contributed by atoms with van der Waals surface area (Å²) >= 11 is 1.18. The summed E-state index contributed by atoms with van der Waals surface area (Å²) in [5.74, 6) is -0.407. The van der Waals surface area contributed by atoms with Crippen LogP contribution in [0.25, 0.3) is 10.6 Å². The summed E-state index contributed by atoms with van der Waals surface area (Å²) < 4.78 is 39.0. The molecule has 0 spiro atoms. The summed E-state index contributed by atoms with van der Waals surface area (Å²) in [4.78, 5) is 17.2. The van der Waals surface area contributed by atoms with Gasteiger partial charge in [0, 0.05) is 23.1 Å². The van der Waals surface area contributed by atoms with E-state index >= 15 is 0 Å². The van der Waals surface area contributed by atoms with Gasteiger partial charge in [0.25, 0.3) is 5.91 Å². The predicted molar refractivity (Wildman–Crippen MR) is 106 cm³/mol. The molecule has 0 unspecified atom stereocenters. The van der Waals surface area contributed by atoms with Crippen LogP contribution in [-0.4, -0.2) is 10.9 Å². The maximum Gasteiger partial charge on any atom is 0.416 e. The van der Waals surface area contributed by atoms with E-state index in [1.807, 2.05) is 0 Å². The number of alkyl halides is 3. The molecule has 0 radical (unpaired) electrons. The zero-order valence-corrected chi connectivity index (χ0v) is 16.6. The molecular weight excluding hydrogens is 415 g/mol. The molecule has 2 aromatic heterocycles. The van der Waals surface area contributed by atoms with E-state index in [4.69, 9.17) is 0 Å². The van der Waals surface area contributed by atoms with Crippen molar-refractivity contribution >= 4 is 17.2 Å². The number of hydrogen-bond donors (Lipinski definition) is 1. The van der Waals surface area contributed by atoms with Gasteiger partial charge in [-0.15, -0.1) is 11.3 Å². The number of benzene rings is 1. The van der Waals surface area contributed by atoms with Crippen LogP contribution in [0, 0.1) is 5.21 Å². The van der Waals surface area contributed by atoms with Crippen LogP contribution in [0.4, 0.5) is 13.2 Å². The Balaban J connectivity index is 1.56. The standard InChI is InChI=1S/C21H18F3N3O2S/c22-21(23,24)15-8-6-14(7-9-15)19-25-16(13-30-19)18(28)26-20(10-2-3-11-20)17-5-1-4-12-27(17)29/h1,4-9,12-13H,2-3,10-11H2,(H,26,28). The Bertz CT molecular complexity index is 1060. The molecule has 0 aliphatic heterocycles. The van der Waals surface area contributed by atoms with E-state index in [9.17, 15) is 23.2 Å². The van der Waals surface area contributed by atoms with Gasteiger partial charge in [0.2, 0.25) is 5.69 Å². The molecule has 0 saturated heterocycles. The number of carbonyl (C=O) groups excluding carboxylic acids is 1. The van der Waals surface area contributed by atoms with E-state index in [2.05, 4.69) is 10.3 Å². The normalized spacial score (nSPS) is 15.8. The van der Waals surface area contributed by atoms with Crippen molar-refractivity contribution < 1.29 is 22.7 Å². The molecule has 1 amide bonds. The molecule has 2 heterocycles. The summed E-state index contributed by atoms with van der Waals surface area (Å²) in [6.45, 7) is 0. The Kier molecular flexibility index (Phi) is 5.23. The average molecular weight is 433 g/mol. The monoisotopic (exact) mass is 433 g/mol. The summed E-state index contributed by atoms with van der Waals surface area (Å²) in [5, 5.41) is 17.3. The quantitative estimate of drug-likeness (QED) is 0.481. The highest BCUT2D eigenvalue weighted by Gasteiger charge is 2.43. The molecule has 1 aliphatic carbocycles. The molecule has 3 aromatic rings. The molecule has 30 heavy (non-hydrogen) atoms. The van der Waals surface area contributed by atoms with E-state index in [-0.39, 0.29) is 5.69 Å². The van der Waals surface area contributed by atoms with Crippen LogP contribution in [0.2, 0.25) is 0 Å². The van der Waals surface area contributed by atoms with Gasteiger partial charge in [-0.25, -0.2) is 4.98 Å². The summed E-state index contributed by atoms with van der Waals surface area (Å²) in [7, 11) is 0. The van der Waals surface area contributed by atoms with Crippen molar-refractivity contribution in [2.24, 2.45) is 0 Å². The first-order valence-corrected chi connectivity index (χ1v) is 10.3. The maximum absolute atomic E-state index is 12.9. The fourth-order valence-electron chi connectivity index (χ4n) is 3.82. The number of amides is 1. The molecule has 4 rings (SSSR count). The van der Waals surface area contributed by atoms with Crippen molar-refractivity contribution in [1.29, 1.82) is 0 Å². The SMILES string of the molecule is O=C(NC1(c2cccc[n+]2[O-])CCCC1)c1csc(-c2ccc(C(F)(F)F)cc2)n1. The summed E-state index contributed by atoms with van der Waals surface area (Å²) in [5.41, 5.74) is -0.317. The molecule has 0 bridgehead atoms. The number of nitrogens with zero attached hydrogens (tertiary/aromatic N) is 2. The Hall–Kier alpha value is -2.94. The molecule has 1 fully saturated rings. The zero-order valence-electron chi connectivity index (χ0n) is 15.8. The molecular formula is C21H18F3N3O2S. The first-order valence-electron chi connectivity index (χ1n) is 9.43. The van der Waals surface area contributed by atoms with Gasteiger partial charge in [0.05, 0.1) is 5.56 Å². The molecule has 1 N–H and O–H groups in total. The number of rotatable bonds is 4. The van der Waals surface area contributed by atoms with E-state index in [0.717, 1.165) is 29.7 Å². The molecule has 9 heteroatoms. The highest BCUT2D eigenvalue weighted by molar-refractivity contribution is 7.13. The van der Waals surface area contributed by atoms with Crippen molar-refractivity contribution in [1.82, 2.24) is 10.3 Å². The second-order valence-electron chi connectivity index (χ2n) is 7.27. The lowest BCUT2D eigenvalue weighted by Crippen LogP contribution is -2.51. The van der Waals surface area contributed by atoms with E-state index in [1.54, 1.807) is 23.6 Å². The molecule has 1 aromatic carbocycles. The van der Waals surface area contributed by atoms with Gasteiger partial charge < -0.3 is 10.5 Å². The number of carbonyl (C=O) groups is 1. The minimum atomic E-state index is -4.40. The van der Waals surface area contributed by atoms with Crippen molar-refractivity contribution in [2.75, 3.05) is 0 Å². The Morgan fingerprint density at radius 2 is 1.83 bits per heavy atom. The average Bonchev–Trinajstić information content (AvgIpc) is 3.38. The Morgan fingerprint density at radius 3 is 2.47 bits per heavy atom. The highest BCUT2D eigenvalue weighted by Crippen LogP contribution is 2.38. The molecule has 1 saturated carbocycles. The van der Waals surface area contributed by atoms with Crippen LogP contribution in [0.3, 0.4) is 0 Å². The largest absolute Gasteiger partial charge is 0.618 e. The third-order valence-electron chi connectivity index (χ3n) is 5.32. The van der Waals surface area contributed by atoms with Crippen molar-refractivity contribution in [3.05, 3.63) is 76.2 Å². The number of halogens is 3. The van der Waals surface area contributed by atoms with Gasteiger partial charge in [0.15, 0.2) is 6.20 Å². The second-order valence-corrected chi connectivity index (χ2v) is 8.13. The lowest BCUT2D eigenvalue weighted by molar-refractivity contribution is -0.619. The van der Waals surface area contributed by atoms with Gasteiger partial charge in [0.1, 0.15) is 16.2 Å². The molecule has 0 atom stereocenters. The van der Waals surface area contributed by atoms with Crippen LogP contribution in [0.5, 0.6) is 0 Å². The smallest absolute Gasteiger partial charge is 0.416 e. The second kappa shape index (κ2) is 7.71. The highest BCUT2D eigenvalue weighted by atomic mass is 32.1. The van der Waals surface area contributed by atoms with E-state index in [0.29, 0.717) is 29.1 Å². The molecule has 5 nitrogen and oxygen atoms in total. The van der Waals surface area contributed by atoms with Crippen LogP contribution in [0.15, 0.2) is 54.0 Å². The van der Waals surface area contributed by atoms with Gasteiger partial charge in [-0.2, -0.15) is 17.9 Å². The molecule has 1 aliphatic rings. The summed E-state index contributed by atoms with van der Waals surface area (Å²) in [6, 6.07) is 9.78. The number of aromatic nitrogens is 2. The van der Waals surface area contributed by atoms with Gasteiger partial charge in [-0.05, 0) is 31.0 Å². The number of thiazole rings is 1. The predicted octanol–water partition coefficient (Wildman–Crippen LogP) is 4.66. The molecule has 156 valence electrons. The fraction of sp³-hybridized carbons (Fsp3) is 0.286. The zero-order chi connectivity index (χ0) is 21.4.